The number of hydrogen-bond donors (Lipinski definition) is 1. The Kier molecular flexibility index (Phi) is 6.50. The van der Waals surface area contributed by atoms with E-state index in [2.05, 4.69) is 10.3 Å². The van der Waals surface area contributed by atoms with E-state index in [1.54, 1.807) is 26.4 Å². The largest absolute Gasteiger partial charge is 0.497 e. The van der Waals surface area contributed by atoms with Gasteiger partial charge in [0.1, 0.15) is 16.7 Å². The average molecular weight is 397 g/mol. The smallest absolute Gasteiger partial charge is 0.251 e. The van der Waals surface area contributed by atoms with E-state index in [0.717, 1.165) is 22.6 Å². The third kappa shape index (κ3) is 5.02. The Labute approximate surface area is 169 Å². The van der Waals surface area contributed by atoms with Crippen molar-refractivity contribution in [2.24, 2.45) is 0 Å². The van der Waals surface area contributed by atoms with Crippen molar-refractivity contribution >= 4 is 17.5 Å². The highest BCUT2D eigenvalue weighted by atomic mass is 35.5. The number of ether oxygens (including phenoxy) is 2. The highest BCUT2D eigenvalue weighted by molar-refractivity contribution is 6.29. The first-order chi connectivity index (χ1) is 13.6. The minimum Gasteiger partial charge on any atom is -0.497 e. The zero-order valence-corrected chi connectivity index (χ0v) is 16.4. The fraction of sp³-hybridized carbons (Fsp3) is 0.182. The van der Waals surface area contributed by atoms with Gasteiger partial charge in [0.25, 0.3) is 5.91 Å². The van der Waals surface area contributed by atoms with Crippen LogP contribution in [-0.4, -0.2) is 25.1 Å². The van der Waals surface area contributed by atoms with Crippen molar-refractivity contribution < 1.29 is 14.3 Å². The zero-order valence-electron chi connectivity index (χ0n) is 15.7. The maximum absolute atomic E-state index is 12.8. The van der Waals surface area contributed by atoms with Gasteiger partial charge in [-0.15, -0.1) is 0 Å². The van der Waals surface area contributed by atoms with E-state index >= 15 is 0 Å². The van der Waals surface area contributed by atoms with Gasteiger partial charge >= 0.3 is 0 Å². The summed E-state index contributed by atoms with van der Waals surface area (Å²) in [6.07, 6.45) is 2.14. The molecule has 0 spiro atoms. The lowest BCUT2D eigenvalue weighted by Crippen LogP contribution is -2.30. The molecule has 144 valence electrons. The van der Waals surface area contributed by atoms with Crippen LogP contribution in [0.1, 0.15) is 27.5 Å². The molecule has 1 heterocycles. The van der Waals surface area contributed by atoms with Crippen molar-refractivity contribution in [2.45, 2.75) is 12.5 Å². The third-order valence-corrected chi connectivity index (χ3v) is 4.62. The van der Waals surface area contributed by atoms with E-state index in [1.165, 1.54) is 6.20 Å². The number of nitrogens with zero attached hydrogens (tertiary/aromatic N) is 1. The number of pyridine rings is 1. The van der Waals surface area contributed by atoms with E-state index in [4.69, 9.17) is 21.1 Å². The van der Waals surface area contributed by atoms with Gasteiger partial charge in [0.15, 0.2) is 0 Å². The summed E-state index contributed by atoms with van der Waals surface area (Å²) in [4.78, 5) is 16.7. The van der Waals surface area contributed by atoms with Gasteiger partial charge in [-0.25, -0.2) is 4.98 Å². The molecule has 3 rings (SSSR count). The van der Waals surface area contributed by atoms with Crippen LogP contribution in [0.3, 0.4) is 0 Å². The summed E-state index contributed by atoms with van der Waals surface area (Å²) in [7, 11) is 3.26. The third-order valence-electron chi connectivity index (χ3n) is 4.41. The molecule has 0 aliphatic heterocycles. The van der Waals surface area contributed by atoms with Gasteiger partial charge in [0, 0.05) is 11.8 Å². The summed E-state index contributed by atoms with van der Waals surface area (Å²) in [5, 5.41) is 3.38. The van der Waals surface area contributed by atoms with Gasteiger partial charge < -0.3 is 14.8 Å². The number of aromatic nitrogens is 1. The highest BCUT2D eigenvalue weighted by Crippen LogP contribution is 2.23. The Hall–Kier alpha value is -3.05. The molecular formula is C22H21ClN2O3. The second kappa shape index (κ2) is 9.24. The SMILES string of the molecule is COc1ccc(C[C@@H](NC(=O)c2ccnc(Cl)c2)c2ccc(OC)cc2)cc1. The molecule has 0 fully saturated rings. The maximum Gasteiger partial charge on any atom is 0.251 e. The standard InChI is InChI=1S/C22H21ClN2O3/c1-27-18-7-3-15(4-8-18)13-20(16-5-9-19(28-2)10-6-16)25-22(26)17-11-12-24-21(23)14-17/h3-12,14,20H,13H2,1-2H3,(H,25,26)/t20-/m1/s1. The van der Waals surface area contributed by atoms with Crippen LogP contribution in [-0.2, 0) is 6.42 Å². The molecule has 5 nitrogen and oxygen atoms in total. The molecule has 0 saturated heterocycles. The quantitative estimate of drug-likeness (QED) is 0.599. The number of rotatable bonds is 7. The van der Waals surface area contributed by atoms with Crippen molar-refractivity contribution in [1.82, 2.24) is 10.3 Å². The lowest BCUT2D eigenvalue weighted by Gasteiger charge is -2.20. The van der Waals surface area contributed by atoms with Crippen LogP contribution in [0, 0.1) is 0 Å². The number of carbonyl (C=O) groups excluding carboxylic acids is 1. The molecule has 0 radical (unpaired) electrons. The van der Waals surface area contributed by atoms with Crippen molar-refractivity contribution in [1.29, 1.82) is 0 Å². The number of nitrogens with one attached hydrogen (secondary N) is 1. The summed E-state index contributed by atoms with van der Waals surface area (Å²) in [6.45, 7) is 0. The minimum atomic E-state index is -0.223. The Morgan fingerprint density at radius 3 is 2.18 bits per heavy atom. The highest BCUT2D eigenvalue weighted by Gasteiger charge is 2.17. The summed E-state index contributed by atoms with van der Waals surface area (Å²) in [5.74, 6) is 1.35. The number of halogens is 1. The monoisotopic (exact) mass is 396 g/mol. The molecule has 1 atom stereocenters. The van der Waals surface area contributed by atoms with Gasteiger partial charge in [0.05, 0.1) is 20.3 Å². The first kappa shape index (κ1) is 19.7. The molecule has 2 aromatic carbocycles. The summed E-state index contributed by atoms with van der Waals surface area (Å²) in [6, 6.07) is 18.4. The average Bonchev–Trinajstić information content (AvgIpc) is 2.74. The number of methoxy groups -OCH3 is 2. The molecule has 0 unspecified atom stereocenters. The van der Waals surface area contributed by atoms with E-state index < -0.39 is 0 Å². The summed E-state index contributed by atoms with van der Waals surface area (Å²) >= 11 is 5.92. The Bertz CT molecular complexity index is 927. The van der Waals surface area contributed by atoms with Crippen molar-refractivity contribution in [3.63, 3.8) is 0 Å². The van der Waals surface area contributed by atoms with Crippen LogP contribution in [0.2, 0.25) is 5.15 Å². The van der Waals surface area contributed by atoms with E-state index in [0.29, 0.717) is 12.0 Å². The van der Waals surface area contributed by atoms with Crippen LogP contribution >= 0.6 is 11.6 Å². The van der Waals surface area contributed by atoms with E-state index in [-0.39, 0.29) is 17.1 Å². The first-order valence-electron chi connectivity index (χ1n) is 8.78. The van der Waals surface area contributed by atoms with Crippen LogP contribution in [0.25, 0.3) is 0 Å². The first-order valence-corrected chi connectivity index (χ1v) is 9.16. The molecule has 0 aliphatic carbocycles. The van der Waals surface area contributed by atoms with Crippen molar-refractivity contribution in [3.05, 3.63) is 88.7 Å². The van der Waals surface area contributed by atoms with Crippen LogP contribution < -0.4 is 14.8 Å². The lowest BCUT2D eigenvalue weighted by atomic mass is 9.98. The fourth-order valence-corrected chi connectivity index (χ4v) is 3.04. The van der Waals surface area contributed by atoms with Gasteiger partial charge in [-0.05, 0) is 53.9 Å². The second-order valence-corrected chi connectivity index (χ2v) is 6.61. The molecule has 0 aliphatic rings. The van der Waals surface area contributed by atoms with Crippen molar-refractivity contribution in [2.75, 3.05) is 14.2 Å². The molecule has 0 bridgehead atoms. The minimum absolute atomic E-state index is 0.210. The Morgan fingerprint density at radius 2 is 1.61 bits per heavy atom. The predicted octanol–water partition coefficient (Wildman–Crippen LogP) is 4.47. The number of benzene rings is 2. The molecule has 1 amide bonds. The molecule has 6 heteroatoms. The van der Waals surface area contributed by atoms with Crippen molar-refractivity contribution in [3.8, 4) is 11.5 Å². The van der Waals surface area contributed by atoms with Gasteiger partial charge in [-0.3, -0.25) is 4.79 Å². The number of carbonyl (C=O) groups is 1. The van der Waals surface area contributed by atoms with Gasteiger partial charge in [-0.1, -0.05) is 35.9 Å². The Morgan fingerprint density at radius 1 is 1.00 bits per heavy atom. The molecule has 28 heavy (non-hydrogen) atoms. The van der Waals surface area contributed by atoms with E-state index in [9.17, 15) is 4.79 Å². The van der Waals surface area contributed by atoms with Gasteiger partial charge in [0.2, 0.25) is 0 Å². The summed E-state index contributed by atoms with van der Waals surface area (Å²) in [5.41, 5.74) is 2.52. The maximum atomic E-state index is 12.8. The molecule has 1 N–H and O–H groups in total. The van der Waals surface area contributed by atoms with Crippen LogP contribution in [0.5, 0.6) is 11.5 Å². The van der Waals surface area contributed by atoms with Crippen LogP contribution in [0.4, 0.5) is 0 Å². The second-order valence-electron chi connectivity index (χ2n) is 6.22. The van der Waals surface area contributed by atoms with Crippen LogP contribution in [0.15, 0.2) is 66.9 Å². The topological polar surface area (TPSA) is 60.5 Å². The van der Waals surface area contributed by atoms with E-state index in [1.807, 2.05) is 48.5 Å². The lowest BCUT2D eigenvalue weighted by molar-refractivity contribution is 0.0936. The normalized spacial score (nSPS) is 11.5. The molecular weight excluding hydrogens is 376 g/mol. The number of hydrogen-bond acceptors (Lipinski definition) is 4. The Balaban J connectivity index is 1.85. The summed E-state index contributed by atoms with van der Waals surface area (Å²) < 4.78 is 10.4. The van der Waals surface area contributed by atoms with Gasteiger partial charge in [-0.2, -0.15) is 0 Å². The number of amides is 1. The predicted molar refractivity (Wildman–Crippen MR) is 109 cm³/mol. The molecule has 3 aromatic rings. The fourth-order valence-electron chi connectivity index (χ4n) is 2.87. The molecule has 0 saturated carbocycles. The molecule has 1 aromatic heterocycles. The zero-order chi connectivity index (χ0) is 19.9.